The van der Waals surface area contributed by atoms with Gasteiger partial charge in [-0.15, -0.1) is 0 Å². The number of anilines is 1. The maximum absolute atomic E-state index is 13.8. The molecule has 0 amide bonds. The standard InChI is InChI=1S/C34H29F4N3O4/c35-18-11-20(12-18)44-30-14-29(33(42)43)39-28-10-7-19(13-24(28)30)41-15-25-21(26(25)16-41)8-9-23-31(40-45-32(23)17-5-6-17)22-3-1-2-4-27(22)34(36,37)38/h1-4,7-10,13-14,17-18,20-21,25-26H,5-6,11-12,15-16H2,(H,42,43)/b9-8+/t18-,20+,21?,25?,26?. The highest BCUT2D eigenvalue weighted by molar-refractivity contribution is 5.94. The molecule has 4 aromatic rings. The number of hydrogen-bond acceptors (Lipinski definition) is 6. The number of rotatable bonds is 8. The number of carboxylic acid groups (broad SMARTS) is 1. The highest BCUT2D eigenvalue weighted by Crippen LogP contribution is 2.54. The Morgan fingerprint density at radius 3 is 2.51 bits per heavy atom. The molecule has 11 heteroatoms. The highest BCUT2D eigenvalue weighted by atomic mass is 19.4. The SMILES string of the molecule is O=C(O)c1cc(O[C@H]2C[C@@H](F)C2)c2cc(N3CC4C(/C=C/c5c(-c6ccccc6C(F)(F)F)noc5C5CC5)C4C3)ccc2n1. The Morgan fingerprint density at radius 2 is 1.82 bits per heavy atom. The zero-order valence-electron chi connectivity index (χ0n) is 24.0. The molecule has 45 heavy (non-hydrogen) atoms. The third-order valence-corrected chi connectivity index (χ3v) is 9.61. The van der Waals surface area contributed by atoms with Crippen LogP contribution < -0.4 is 9.64 Å². The second-order valence-corrected chi connectivity index (χ2v) is 12.6. The van der Waals surface area contributed by atoms with Crippen molar-refractivity contribution in [1.29, 1.82) is 0 Å². The van der Waals surface area contributed by atoms with Gasteiger partial charge in [0.15, 0.2) is 5.69 Å². The van der Waals surface area contributed by atoms with Gasteiger partial charge < -0.3 is 19.3 Å². The van der Waals surface area contributed by atoms with Gasteiger partial charge in [-0.3, -0.25) is 0 Å². The molecule has 2 atom stereocenters. The van der Waals surface area contributed by atoms with Crippen molar-refractivity contribution >= 4 is 28.6 Å². The second kappa shape index (κ2) is 10.3. The average molecular weight is 620 g/mol. The van der Waals surface area contributed by atoms with E-state index in [-0.39, 0.29) is 41.8 Å². The first kappa shape index (κ1) is 28.1. The first-order valence-electron chi connectivity index (χ1n) is 15.2. The maximum atomic E-state index is 13.8. The number of hydrogen-bond donors (Lipinski definition) is 1. The van der Waals surface area contributed by atoms with Crippen LogP contribution in [0.25, 0.3) is 28.2 Å². The van der Waals surface area contributed by atoms with E-state index in [1.807, 2.05) is 18.2 Å². The molecule has 7 nitrogen and oxygen atoms in total. The molecule has 4 fully saturated rings. The Kier molecular flexibility index (Phi) is 6.44. The van der Waals surface area contributed by atoms with Crippen LogP contribution >= 0.6 is 0 Å². The summed E-state index contributed by atoms with van der Waals surface area (Å²) in [5, 5.41) is 14.3. The third-order valence-electron chi connectivity index (χ3n) is 9.61. The van der Waals surface area contributed by atoms with Crippen LogP contribution in [0.2, 0.25) is 0 Å². The number of carboxylic acids is 1. The molecule has 3 saturated carbocycles. The van der Waals surface area contributed by atoms with Crippen molar-refractivity contribution in [2.24, 2.45) is 17.8 Å². The Labute approximate surface area is 255 Å². The zero-order valence-corrected chi connectivity index (χ0v) is 24.0. The molecule has 3 heterocycles. The number of pyridine rings is 1. The molecule has 1 saturated heterocycles. The molecule has 2 aromatic carbocycles. The zero-order chi connectivity index (χ0) is 31.0. The van der Waals surface area contributed by atoms with E-state index in [2.05, 4.69) is 21.1 Å². The fraction of sp³-hybridized carbons (Fsp3) is 0.382. The summed E-state index contributed by atoms with van der Waals surface area (Å²) in [7, 11) is 0. The van der Waals surface area contributed by atoms with Gasteiger partial charge >= 0.3 is 12.1 Å². The minimum atomic E-state index is -4.51. The lowest BCUT2D eigenvalue weighted by molar-refractivity contribution is -0.137. The Balaban J connectivity index is 1.02. The maximum Gasteiger partial charge on any atom is 0.417 e. The van der Waals surface area contributed by atoms with Gasteiger partial charge in [0, 0.05) is 60.1 Å². The number of aromatic carboxylic acids is 1. The van der Waals surface area contributed by atoms with Crippen LogP contribution in [0.4, 0.5) is 23.2 Å². The molecule has 232 valence electrons. The van der Waals surface area contributed by atoms with Gasteiger partial charge in [0.2, 0.25) is 0 Å². The number of allylic oxidation sites excluding steroid dienone is 1. The minimum absolute atomic E-state index is 0.0221. The van der Waals surface area contributed by atoms with Gasteiger partial charge in [-0.25, -0.2) is 14.2 Å². The van der Waals surface area contributed by atoms with Crippen LogP contribution in [0.1, 0.15) is 59.0 Å². The van der Waals surface area contributed by atoms with Crippen LogP contribution in [0, 0.1) is 17.8 Å². The number of fused-ring (bicyclic) bond motifs is 2. The van der Waals surface area contributed by atoms with Gasteiger partial charge in [-0.2, -0.15) is 13.2 Å². The van der Waals surface area contributed by atoms with Crippen molar-refractivity contribution in [2.45, 2.75) is 50.1 Å². The van der Waals surface area contributed by atoms with Crippen LogP contribution in [0.3, 0.4) is 0 Å². The number of alkyl halides is 4. The van der Waals surface area contributed by atoms with Crippen molar-refractivity contribution in [3.05, 3.63) is 77.2 Å². The molecule has 2 aromatic heterocycles. The summed E-state index contributed by atoms with van der Waals surface area (Å²) in [4.78, 5) is 18.2. The van der Waals surface area contributed by atoms with E-state index in [4.69, 9.17) is 9.26 Å². The largest absolute Gasteiger partial charge is 0.489 e. The average Bonchev–Trinajstić information content (AvgIpc) is 3.86. The molecule has 2 unspecified atom stereocenters. The number of nitrogens with zero attached hydrogens (tertiary/aromatic N) is 3. The summed E-state index contributed by atoms with van der Waals surface area (Å²) in [6.45, 7) is 1.61. The quantitative estimate of drug-likeness (QED) is 0.202. The molecule has 0 radical (unpaired) electrons. The van der Waals surface area contributed by atoms with Gasteiger partial charge in [0.05, 0.1) is 11.1 Å². The van der Waals surface area contributed by atoms with Crippen LogP contribution in [-0.2, 0) is 6.18 Å². The minimum Gasteiger partial charge on any atom is -0.489 e. The number of piperidine rings is 1. The number of halogens is 4. The second-order valence-electron chi connectivity index (χ2n) is 12.6. The molecule has 0 bridgehead atoms. The molecule has 3 aliphatic carbocycles. The predicted octanol–water partition coefficient (Wildman–Crippen LogP) is 7.76. The van der Waals surface area contributed by atoms with Crippen LogP contribution in [-0.4, -0.2) is 46.6 Å². The lowest BCUT2D eigenvalue weighted by Crippen LogP contribution is -2.35. The number of benzene rings is 2. The number of aromatic nitrogens is 2. The third kappa shape index (κ3) is 5.11. The van der Waals surface area contributed by atoms with Crippen molar-refractivity contribution in [3.8, 4) is 17.0 Å². The molecule has 0 spiro atoms. The van der Waals surface area contributed by atoms with Gasteiger partial charge in [-0.1, -0.05) is 35.5 Å². The summed E-state index contributed by atoms with van der Waals surface area (Å²) in [6.07, 6.45) is 0.739. The molecule has 1 N–H and O–H groups in total. The lowest BCUT2D eigenvalue weighted by Gasteiger charge is -2.30. The van der Waals surface area contributed by atoms with E-state index in [0.717, 1.165) is 37.7 Å². The van der Waals surface area contributed by atoms with Crippen molar-refractivity contribution in [3.63, 3.8) is 0 Å². The van der Waals surface area contributed by atoms with E-state index in [1.165, 1.54) is 18.2 Å². The summed E-state index contributed by atoms with van der Waals surface area (Å²) < 4.78 is 66.5. The van der Waals surface area contributed by atoms with E-state index >= 15 is 0 Å². The lowest BCUT2D eigenvalue weighted by atomic mass is 9.93. The summed E-state index contributed by atoms with van der Waals surface area (Å²) in [6, 6.07) is 12.5. The molecule has 1 aliphatic heterocycles. The summed E-state index contributed by atoms with van der Waals surface area (Å²) in [5.41, 5.74) is 1.49. The Hall–Kier alpha value is -4.41. The molecule has 4 aliphatic rings. The van der Waals surface area contributed by atoms with E-state index in [9.17, 15) is 27.5 Å². The van der Waals surface area contributed by atoms with E-state index in [1.54, 1.807) is 12.1 Å². The smallest absolute Gasteiger partial charge is 0.417 e. The predicted molar refractivity (Wildman–Crippen MR) is 158 cm³/mol. The summed E-state index contributed by atoms with van der Waals surface area (Å²) >= 11 is 0. The van der Waals surface area contributed by atoms with Gasteiger partial charge in [0.1, 0.15) is 29.5 Å². The molecular weight excluding hydrogens is 590 g/mol. The monoisotopic (exact) mass is 619 g/mol. The van der Waals surface area contributed by atoms with E-state index < -0.39 is 23.9 Å². The normalized spacial score (nSPS) is 25.9. The fourth-order valence-corrected chi connectivity index (χ4v) is 6.88. The van der Waals surface area contributed by atoms with Crippen molar-refractivity contribution < 1.29 is 36.7 Å². The molecular formula is C34H29F4N3O4. The fourth-order valence-electron chi connectivity index (χ4n) is 6.88. The topological polar surface area (TPSA) is 88.7 Å². The van der Waals surface area contributed by atoms with Crippen LogP contribution in [0.5, 0.6) is 5.75 Å². The summed E-state index contributed by atoms with van der Waals surface area (Å²) in [5.74, 6) is 1.16. The molecule has 8 rings (SSSR count). The van der Waals surface area contributed by atoms with Crippen molar-refractivity contribution in [1.82, 2.24) is 10.1 Å². The first-order chi connectivity index (χ1) is 21.6. The first-order valence-corrected chi connectivity index (χ1v) is 15.2. The highest BCUT2D eigenvalue weighted by Gasteiger charge is 2.54. The van der Waals surface area contributed by atoms with Crippen molar-refractivity contribution in [2.75, 3.05) is 18.0 Å². The van der Waals surface area contributed by atoms with Crippen LogP contribution in [0.15, 0.2) is 59.1 Å². The van der Waals surface area contributed by atoms with Gasteiger partial charge in [0.25, 0.3) is 0 Å². The Morgan fingerprint density at radius 1 is 1.07 bits per heavy atom. The van der Waals surface area contributed by atoms with Gasteiger partial charge in [-0.05, 0) is 54.9 Å². The number of ether oxygens (including phenoxy) is 1. The van der Waals surface area contributed by atoms with E-state index in [0.29, 0.717) is 45.7 Å². The number of carbonyl (C=O) groups is 1. The Bertz CT molecular complexity index is 1830.